The Labute approximate surface area is 93.7 Å². The number of aryl methyl sites for hydroxylation is 2. The Morgan fingerprint density at radius 2 is 2.06 bits per heavy atom. The maximum absolute atomic E-state index is 10.7. The first-order chi connectivity index (χ1) is 7.58. The van der Waals surface area contributed by atoms with E-state index in [1.165, 1.54) is 0 Å². The van der Waals surface area contributed by atoms with E-state index in [-0.39, 0.29) is 6.42 Å². The van der Waals surface area contributed by atoms with E-state index in [0.29, 0.717) is 0 Å². The summed E-state index contributed by atoms with van der Waals surface area (Å²) in [7, 11) is 0. The molecule has 0 amide bonds. The molecule has 1 heterocycles. The van der Waals surface area contributed by atoms with Gasteiger partial charge in [-0.2, -0.15) is 0 Å². The third-order valence-corrected chi connectivity index (χ3v) is 2.67. The number of carboxylic acids is 1. The van der Waals surface area contributed by atoms with Crippen LogP contribution >= 0.6 is 0 Å². The van der Waals surface area contributed by atoms with Gasteiger partial charge in [0.25, 0.3) is 0 Å². The standard InChI is InChI=1S/C13H13NO2/c1-8-3-4-14-13-9(2)5-10(6-11(8)13)7-12(15)16/h3-6H,7H2,1-2H3,(H,15,16). The first-order valence-electron chi connectivity index (χ1n) is 5.14. The van der Waals surface area contributed by atoms with Crippen LogP contribution in [0.15, 0.2) is 24.4 Å². The summed E-state index contributed by atoms with van der Waals surface area (Å²) < 4.78 is 0. The zero-order valence-corrected chi connectivity index (χ0v) is 9.32. The number of aromatic nitrogens is 1. The van der Waals surface area contributed by atoms with E-state index in [9.17, 15) is 4.79 Å². The molecule has 2 rings (SSSR count). The van der Waals surface area contributed by atoms with E-state index < -0.39 is 5.97 Å². The second-order valence-corrected chi connectivity index (χ2v) is 4.01. The number of hydrogen-bond donors (Lipinski definition) is 1. The van der Waals surface area contributed by atoms with Crippen LogP contribution in [-0.4, -0.2) is 16.1 Å². The smallest absolute Gasteiger partial charge is 0.307 e. The maximum Gasteiger partial charge on any atom is 0.307 e. The fourth-order valence-corrected chi connectivity index (χ4v) is 1.92. The van der Waals surface area contributed by atoms with E-state index in [0.717, 1.165) is 27.6 Å². The zero-order valence-electron chi connectivity index (χ0n) is 9.32. The van der Waals surface area contributed by atoms with E-state index in [1.54, 1.807) is 6.20 Å². The van der Waals surface area contributed by atoms with Gasteiger partial charge in [0, 0.05) is 11.6 Å². The Kier molecular flexibility index (Phi) is 2.60. The predicted octanol–water partition coefficient (Wildman–Crippen LogP) is 2.48. The minimum atomic E-state index is -0.805. The van der Waals surface area contributed by atoms with Crippen molar-refractivity contribution in [3.63, 3.8) is 0 Å². The number of hydrogen-bond acceptors (Lipinski definition) is 2. The van der Waals surface area contributed by atoms with Crippen molar-refractivity contribution < 1.29 is 9.90 Å². The van der Waals surface area contributed by atoms with E-state index in [2.05, 4.69) is 4.98 Å². The van der Waals surface area contributed by atoms with Crippen molar-refractivity contribution in [3.8, 4) is 0 Å². The highest BCUT2D eigenvalue weighted by Gasteiger charge is 2.06. The van der Waals surface area contributed by atoms with Gasteiger partial charge in [-0.25, -0.2) is 0 Å². The molecule has 1 N–H and O–H groups in total. The number of rotatable bonds is 2. The number of pyridine rings is 1. The summed E-state index contributed by atoms with van der Waals surface area (Å²) in [5, 5.41) is 9.82. The largest absolute Gasteiger partial charge is 0.481 e. The molecule has 0 spiro atoms. The number of carboxylic acid groups (broad SMARTS) is 1. The summed E-state index contributed by atoms with van der Waals surface area (Å²) in [6, 6.07) is 5.74. The third kappa shape index (κ3) is 1.89. The molecule has 0 aliphatic heterocycles. The summed E-state index contributed by atoms with van der Waals surface area (Å²) >= 11 is 0. The van der Waals surface area contributed by atoms with Crippen LogP contribution in [0.5, 0.6) is 0 Å². The molecular formula is C13H13NO2. The average Bonchev–Trinajstić information content (AvgIpc) is 2.19. The molecular weight excluding hydrogens is 202 g/mol. The van der Waals surface area contributed by atoms with Crippen molar-refractivity contribution in [3.05, 3.63) is 41.1 Å². The summed E-state index contributed by atoms with van der Waals surface area (Å²) in [4.78, 5) is 15.0. The van der Waals surface area contributed by atoms with Gasteiger partial charge in [0.15, 0.2) is 0 Å². The van der Waals surface area contributed by atoms with Crippen molar-refractivity contribution in [1.29, 1.82) is 0 Å². The highest BCUT2D eigenvalue weighted by molar-refractivity contribution is 5.86. The van der Waals surface area contributed by atoms with Crippen LogP contribution in [-0.2, 0) is 11.2 Å². The van der Waals surface area contributed by atoms with Gasteiger partial charge in [-0.3, -0.25) is 9.78 Å². The van der Waals surface area contributed by atoms with Gasteiger partial charge in [0.1, 0.15) is 0 Å². The van der Waals surface area contributed by atoms with Crippen molar-refractivity contribution >= 4 is 16.9 Å². The van der Waals surface area contributed by atoms with Crippen molar-refractivity contribution in [2.24, 2.45) is 0 Å². The molecule has 1 aromatic carbocycles. The van der Waals surface area contributed by atoms with Gasteiger partial charge in [0.05, 0.1) is 11.9 Å². The number of fused-ring (bicyclic) bond motifs is 1. The monoisotopic (exact) mass is 215 g/mol. The second kappa shape index (κ2) is 3.93. The SMILES string of the molecule is Cc1ccnc2c(C)cc(CC(=O)O)cc12. The van der Waals surface area contributed by atoms with E-state index in [1.807, 2.05) is 32.0 Å². The minimum Gasteiger partial charge on any atom is -0.481 e. The van der Waals surface area contributed by atoms with E-state index in [4.69, 9.17) is 5.11 Å². The Balaban J connectivity index is 2.65. The van der Waals surface area contributed by atoms with Gasteiger partial charge >= 0.3 is 5.97 Å². The van der Waals surface area contributed by atoms with Crippen LogP contribution in [0.1, 0.15) is 16.7 Å². The van der Waals surface area contributed by atoms with Gasteiger partial charge in [0.2, 0.25) is 0 Å². The van der Waals surface area contributed by atoms with Gasteiger partial charge in [-0.15, -0.1) is 0 Å². The summed E-state index contributed by atoms with van der Waals surface area (Å²) in [5.74, 6) is -0.805. The lowest BCUT2D eigenvalue weighted by Gasteiger charge is -2.07. The van der Waals surface area contributed by atoms with Crippen LogP contribution in [0.25, 0.3) is 10.9 Å². The molecule has 3 nitrogen and oxygen atoms in total. The van der Waals surface area contributed by atoms with Crippen molar-refractivity contribution in [1.82, 2.24) is 4.98 Å². The minimum absolute atomic E-state index is 0.0606. The quantitative estimate of drug-likeness (QED) is 0.837. The topological polar surface area (TPSA) is 50.2 Å². The third-order valence-electron chi connectivity index (χ3n) is 2.67. The Morgan fingerprint density at radius 1 is 1.31 bits per heavy atom. The lowest BCUT2D eigenvalue weighted by atomic mass is 10.0. The highest BCUT2D eigenvalue weighted by Crippen LogP contribution is 2.21. The fraction of sp³-hybridized carbons (Fsp3) is 0.231. The molecule has 0 atom stereocenters. The molecule has 0 saturated heterocycles. The van der Waals surface area contributed by atoms with Gasteiger partial charge < -0.3 is 5.11 Å². The predicted molar refractivity (Wildman–Crippen MR) is 62.6 cm³/mol. The maximum atomic E-state index is 10.7. The highest BCUT2D eigenvalue weighted by atomic mass is 16.4. The number of benzene rings is 1. The number of nitrogens with zero attached hydrogens (tertiary/aromatic N) is 1. The van der Waals surface area contributed by atoms with Crippen molar-refractivity contribution in [2.45, 2.75) is 20.3 Å². The lowest BCUT2D eigenvalue weighted by Crippen LogP contribution is -2.01. The molecule has 0 unspecified atom stereocenters. The van der Waals surface area contributed by atoms with Crippen LogP contribution < -0.4 is 0 Å². The van der Waals surface area contributed by atoms with E-state index >= 15 is 0 Å². The van der Waals surface area contributed by atoms with Gasteiger partial charge in [-0.05, 0) is 42.7 Å². The summed E-state index contributed by atoms with van der Waals surface area (Å²) in [5.41, 5.74) is 3.93. The Morgan fingerprint density at radius 3 is 2.75 bits per heavy atom. The lowest BCUT2D eigenvalue weighted by molar-refractivity contribution is -0.136. The molecule has 3 heteroatoms. The zero-order chi connectivity index (χ0) is 11.7. The molecule has 1 aromatic heterocycles. The van der Waals surface area contributed by atoms with Crippen molar-refractivity contribution in [2.75, 3.05) is 0 Å². The Bertz CT molecular complexity index is 561. The number of carbonyl (C=O) groups is 1. The van der Waals surface area contributed by atoms with Crippen LogP contribution in [0, 0.1) is 13.8 Å². The molecule has 0 fully saturated rings. The summed E-state index contributed by atoms with van der Waals surface area (Å²) in [6.45, 7) is 3.97. The molecule has 0 radical (unpaired) electrons. The van der Waals surface area contributed by atoms with Crippen LogP contribution in [0.2, 0.25) is 0 Å². The van der Waals surface area contributed by atoms with Gasteiger partial charge in [-0.1, -0.05) is 6.07 Å². The molecule has 0 aliphatic carbocycles. The van der Waals surface area contributed by atoms with Crippen LogP contribution in [0.3, 0.4) is 0 Å². The molecule has 16 heavy (non-hydrogen) atoms. The molecule has 0 saturated carbocycles. The fourth-order valence-electron chi connectivity index (χ4n) is 1.92. The molecule has 2 aromatic rings. The summed E-state index contributed by atoms with van der Waals surface area (Å²) in [6.07, 6.45) is 1.84. The molecule has 0 aliphatic rings. The first kappa shape index (κ1) is 10.6. The second-order valence-electron chi connectivity index (χ2n) is 4.01. The Hall–Kier alpha value is -1.90. The molecule has 82 valence electrons. The first-order valence-corrected chi connectivity index (χ1v) is 5.14. The average molecular weight is 215 g/mol. The molecule has 0 bridgehead atoms. The normalized spacial score (nSPS) is 10.6. The van der Waals surface area contributed by atoms with Crippen LogP contribution in [0.4, 0.5) is 0 Å². The number of aliphatic carboxylic acids is 1.